The highest BCUT2D eigenvalue weighted by molar-refractivity contribution is 5.89. The van der Waals surface area contributed by atoms with Crippen molar-refractivity contribution >= 4 is 33.5 Å². The molecule has 5 heteroatoms. The van der Waals surface area contributed by atoms with Crippen molar-refractivity contribution in [1.29, 1.82) is 0 Å². The zero-order chi connectivity index (χ0) is 30.8. The highest BCUT2D eigenvalue weighted by Crippen LogP contribution is 2.50. The molecule has 0 amide bonds. The molecule has 5 nitrogen and oxygen atoms in total. The van der Waals surface area contributed by atoms with Gasteiger partial charge in [0.25, 0.3) is 0 Å². The van der Waals surface area contributed by atoms with Crippen molar-refractivity contribution in [1.82, 2.24) is 4.57 Å². The van der Waals surface area contributed by atoms with Crippen LogP contribution < -0.4 is 20.4 Å². The number of aromatic nitrogens is 1. The van der Waals surface area contributed by atoms with Gasteiger partial charge in [-0.25, -0.2) is 0 Å². The van der Waals surface area contributed by atoms with Gasteiger partial charge in [0.15, 0.2) is 0 Å². The van der Waals surface area contributed by atoms with E-state index in [9.17, 15) is 0 Å². The van der Waals surface area contributed by atoms with Crippen molar-refractivity contribution in [2.24, 2.45) is 17.6 Å². The van der Waals surface area contributed by atoms with E-state index >= 15 is 0 Å². The quantitative estimate of drug-likeness (QED) is 0.267. The van der Waals surface area contributed by atoms with Gasteiger partial charge >= 0.3 is 0 Å². The Kier molecular flexibility index (Phi) is 7.36. The molecule has 3 atom stereocenters. The molecule has 2 saturated carbocycles. The van der Waals surface area contributed by atoms with Gasteiger partial charge in [0, 0.05) is 56.4 Å². The van der Waals surface area contributed by atoms with Gasteiger partial charge in [-0.2, -0.15) is 0 Å². The first-order chi connectivity index (χ1) is 21.9. The Bertz CT molecular complexity index is 1720. The smallest absolute Gasteiger partial charge is 0.143 e. The van der Waals surface area contributed by atoms with Crippen molar-refractivity contribution < 1.29 is 0 Å². The van der Waals surface area contributed by atoms with Crippen LogP contribution in [0.1, 0.15) is 88.2 Å². The number of hydrogen-bond acceptors (Lipinski definition) is 4. The van der Waals surface area contributed by atoms with Gasteiger partial charge in [0.2, 0.25) is 0 Å². The lowest BCUT2D eigenvalue weighted by Crippen LogP contribution is -2.48. The van der Waals surface area contributed by atoms with Gasteiger partial charge < -0.3 is 25.0 Å². The third kappa shape index (κ3) is 4.93. The van der Waals surface area contributed by atoms with Gasteiger partial charge in [-0.1, -0.05) is 49.8 Å². The Morgan fingerprint density at radius 1 is 1.00 bits per heavy atom. The highest BCUT2D eigenvalue weighted by atomic mass is 15.4. The fourth-order valence-corrected chi connectivity index (χ4v) is 8.77. The van der Waals surface area contributed by atoms with Gasteiger partial charge in [0.05, 0.1) is 17.1 Å². The average molecular weight is 602 g/mol. The van der Waals surface area contributed by atoms with E-state index in [0.717, 1.165) is 37.8 Å². The molecule has 1 aliphatic heterocycles. The first-order valence-corrected chi connectivity index (χ1v) is 17.8. The molecule has 0 saturated heterocycles. The van der Waals surface area contributed by atoms with Gasteiger partial charge in [-0.15, -0.1) is 0 Å². The van der Waals surface area contributed by atoms with E-state index in [1.165, 1.54) is 101 Å². The summed E-state index contributed by atoms with van der Waals surface area (Å²) < 4.78 is 2.69. The maximum Gasteiger partial charge on any atom is 0.143 e. The topological polar surface area (TPSA) is 40.7 Å². The van der Waals surface area contributed by atoms with Crippen LogP contribution in [0.3, 0.4) is 0 Å². The normalized spacial score (nSPS) is 24.2. The molecule has 0 spiro atoms. The summed E-state index contributed by atoms with van der Waals surface area (Å²) in [7, 11) is 4.63. The monoisotopic (exact) mass is 601 g/mol. The van der Waals surface area contributed by atoms with Crippen LogP contribution in [0.25, 0.3) is 16.5 Å². The average Bonchev–Trinajstić information content (AvgIpc) is 3.67. The van der Waals surface area contributed by atoms with Crippen molar-refractivity contribution in [2.75, 3.05) is 41.9 Å². The van der Waals surface area contributed by atoms with Crippen molar-refractivity contribution in [3.63, 3.8) is 0 Å². The number of fused-ring (bicyclic) bond motifs is 2. The molecule has 45 heavy (non-hydrogen) atoms. The minimum absolute atomic E-state index is 0.161. The number of nitrogens with zero attached hydrogens (tertiary/aromatic N) is 4. The standard InChI is InChI=1S/C40H51N5/c1-5-28-21-34(44(18-17-41)35-16-11-26(35)2)24-37-39(28)43(4)40(42(37)3)38-23-32-15-14-31(22-36(32)45(38)25-27-12-13-27)33-19-29-9-7-6-8-10-30(29)20-33/h7,9,14-15,19,21-24,26-27,35,40H,5-6,8,10-13,16-18,20,25,41H2,1-4H3/t26-,35+,40?/m0/s1. The minimum atomic E-state index is 0.161. The maximum absolute atomic E-state index is 6.17. The number of benzene rings is 2. The molecule has 5 aliphatic rings. The lowest BCUT2D eigenvalue weighted by atomic mass is 9.79. The fourth-order valence-electron chi connectivity index (χ4n) is 8.77. The summed E-state index contributed by atoms with van der Waals surface area (Å²) in [6.07, 6.45) is 18.5. The van der Waals surface area contributed by atoms with E-state index in [1.807, 2.05) is 0 Å². The zero-order valence-electron chi connectivity index (χ0n) is 27.9. The maximum atomic E-state index is 6.17. The minimum Gasteiger partial charge on any atom is -0.367 e. The van der Waals surface area contributed by atoms with Gasteiger partial charge in [-0.05, 0) is 116 Å². The summed E-state index contributed by atoms with van der Waals surface area (Å²) in [4.78, 5) is 7.72. The van der Waals surface area contributed by atoms with Crippen LogP contribution in [0.15, 0.2) is 65.8 Å². The number of anilines is 3. The first kappa shape index (κ1) is 29.0. The van der Waals surface area contributed by atoms with Crippen molar-refractivity contribution in [2.45, 2.75) is 90.4 Å². The van der Waals surface area contributed by atoms with Crippen LogP contribution in [0.4, 0.5) is 17.1 Å². The van der Waals surface area contributed by atoms with Crippen LogP contribution in [0.2, 0.25) is 0 Å². The SMILES string of the molecule is CCc1cc(N(CCN)[C@@H]2CC[C@@H]2C)cc2c1N(C)C(c1cc3ccc(C4=CC5=C(CCCC=C5)C4)cc3n1CC1CC1)N2C. The molecule has 0 bridgehead atoms. The van der Waals surface area contributed by atoms with Crippen LogP contribution in [0, 0.1) is 11.8 Å². The molecule has 2 N–H and O–H groups in total. The Balaban J connectivity index is 1.18. The molecule has 3 aromatic rings. The van der Waals surface area contributed by atoms with E-state index < -0.39 is 0 Å². The summed E-state index contributed by atoms with van der Waals surface area (Å²) in [6, 6.07) is 15.3. The fraction of sp³-hybridized carbons (Fsp3) is 0.500. The second kappa shape index (κ2) is 11.4. The van der Waals surface area contributed by atoms with Crippen LogP contribution >= 0.6 is 0 Å². The summed E-state index contributed by atoms with van der Waals surface area (Å²) in [5.41, 5.74) is 20.5. The third-order valence-corrected chi connectivity index (χ3v) is 11.7. The molecule has 2 fully saturated rings. The van der Waals surface area contributed by atoms with Crippen molar-refractivity contribution in [3.05, 3.63) is 82.6 Å². The summed E-state index contributed by atoms with van der Waals surface area (Å²) >= 11 is 0. The molecular formula is C40H51N5. The highest BCUT2D eigenvalue weighted by Gasteiger charge is 2.39. The predicted octanol–water partition coefficient (Wildman–Crippen LogP) is 8.59. The Labute approximate surface area is 270 Å². The number of aryl methyl sites for hydroxylation is 1. The van der Waals surface area contributed by atoms with E-state index in [-0.39, 0.29) is 6.17 Å². The second-order valence-electron chi connectivity index (χ2n) is 14.6. The summed E-state index contributed by atoms with van der Waals surface area (Å²) in [5.74, 6) is 1.52. The lowest BCUT2D eigenvalue weighted by molar-refractivity contribution is 0.265. The van der Waals surface area contributed by atoms with E-state index in [4.69, 9.17) is 5.73 Å². The molecule has 1 aromatic heterocycles. The molecule has 1 unspecified atom stereocenters. The van der Waals surface area contributed by atoms with Crippen molar-refractivity contribution in [3.8, 4) is 0 Å². The van der Waals surface area contributed by atoms with Crippen LogP contribution in [-0.4, -0.2) is 37.8 Å². The number of rotatable bonds is 9. The largest absolute Gasteiger partial charge is 0.367 e. The third-order valence-electron chi connectivity index (χ3n) is 11.7. The Morgan fingerprint density at radius 3 is 2.60 bits per heavy atom. The van der Waals surface area contributed by atoms with Gasteiger partial charge in [0.1, 0.15) is 6.17 Å². The zero-order valence-corrected chi connectivity index (χ0v) is 27.9. The second-order valence-corrected chi connectivity index (χ2v) is 14.6. The molecule has 4 aliphatic carbocycles. The number of allylic oxidation sites excluding steroid dienone is 6. The summed E-state index contributed by atoms with van der Waals surface area (Å²) in [5, 5.41) is 1.37. The van der Waals surface area contributed by atoms with Crippen LogP contribution in [-0.2, 0) is 13.0 Å². The Morgan fingerprint density at radius 2 is 1.87 bits per heavy atom. The molecule has 0 radical (unpaired) electrons. The lowest BCUT2D eigenvalue weighted by Gasteiger charge is -2.44. The molecular weight excluding hydrogens is 550 g/mol. The van der Waals surface area contributed by atoms with Crippen LogP contribution in [0.5, 0.6) is 0 Å². The predicted molar refractivity (Wildman–Crippen MR) is 191 cm³/mol. The van der Waals surface area contributed by atoms with E-state index in [1.54, 1.807) is 5.57 Å². The van der Waals surface area contributed by atoms with Gasteiger partial charge in [-0.3, -0.25) is 0 Å². The molecule has 236 valence electrons. The summed E-state index contributed by atoms with van der Waals surface area (Å²) in [6.45, 7) is 7.44. The van der Waals surface area contributed by atoms with E-state index in [0.29, 0.717) is 12.6 Å². The van der Waals surface area contributed by atoms with E-state index in [2.05, 4.69) is 102 Å². The molecule has 2 heterocycles. The Hall–Kier alpha value is -3.44. The molecule has 2 aromatic carbocycles. The molecule has 8 rings (SSSR count). The number of nitrogens with two attached hydrogens (primary N) is 1. The number of hydrogen-bond donors (Lipinski definition) is 1. The first-order valence-electron chi connectivity index (χ1n) is 17.8.